The Morgan fingerprint density at radius 2 is 2.22 bits per heavy atom. The molecule has 100 valence electrons. The van der Waals surface area contributed by atoms with Gasteiger partial charge >= 0.3 is 0 Å². The fourth-order valence-electron chi connectivity index (χ4n) is 1.92. The predicted molar refractivity (Wildman–Crippen MR) is 86.5 cm³/mol. The molecule has 1 saturated heterocycles. The van der Waals surface area contributed by atoms with Crippen LogP contribution in [-0.4, -0.2) is 29.1 Å². The molecule has 1 nitrogen and oxygen atoms in total. The van der Waals surface area contributed by atoms with E-state index in [2.05, 4.69) is 24.0 Å². The number of hydrogen-bond donors (Lipinski definition) is 1. The van der Waals surface area contributed by atoms with Crippen molar-refractivity contribution in [1.82, 2.24) is 5.32 Å². The quantitative estimate of drug-likeness (QED) is 0.877. The van der Waals surface area contributed by atoms with Gasteiger partial charge in [-0.05, 0) is 30.7 Å². The van der Waals surface area contributed by atoms with Gasteiger partial charge in [0, 0.05) is 45.1 Å². The van der Waals surface area contributed by atoms with Crippen LogP contribution in [0.25, 0.3) is 0 Å². The average Bonchev–Trinajstić information content (AvgIpc) is 2.40. The Morgan fingerprint density at radius 3 is 2.94 bits per heavy atom. The summed E-state index contributed by atoms with van der Waals surface area (Å²) in [6.45, 7) is 3.17. The standard InChI is InChI=1S/C13H17Cl2NS2/c1-9(12-6-10(14)2-3-13(12)15)16-7-11-8-17-4-5-18-11/h2-3,6,9,11,16H,4-5,7-8H2,1H3. The second-order valence-electron chi connectivity index (χ2n) is 4.36. The minimum Gasteiger partial charge on any atom is -0.309 e. The minimum atomic E-state index is 0.240. The summed E-state index contributed by atoms with van der Waals surface area (Å²) < 4.78 is 0. The third-order valence-corrected chi connectivity index (χ3v) is 6.39. The molecular formula is C13H17Cl2NS2. The molecule has 0 bridgehead atoms. The number of rotatable bonds is 4. The van der Waals surface area contributed by atoms with E-state index in [1.807, 2.05) is 30.0 Å². The molecule has 0 spiro atoms. The molecule has 1 fully saturated rings. The van der Waals surface area contributed by atoms with Gasteiger partial charge < -0.3 is 5.32 Å². The van der Waals surface area contributed by atoms with Crippen LogP contribution < -0.4 is 5.32 Å². The number of hydrogen-bond acceptors (Lipinski definition) is 3. The van der Waals surface area contributed by atoms with Crippen molar-refractivity contribution in [3.63, 3.8) is 0 Å². The van der Waals surface area contributed by atoms with Crippen molar-refractivity contribution < 1.29 is 0 Å². The summed E-state index contributed by atoms with van der Waals surface area (Å²) in [7, 11) is 0. The number of halogens is 2. The SMILES string of the molecule is CC(NCC1CSCCS1)c1cc(Cl)ccc1Cl. The van der Waals surface area contributed by atoms with E-state index >= 15 is 0 Å². The smallest absolute Gasteiger partial charge is 0.0454 e. The lowest BCUT2D eigenvalue weighted by molar-refractivity contribution is 0.577. The first-order chi connectivity index (χ1) is 8.66. The second-order valence-corrected chi connectivity index (χ2v) is 7.77. The van der Waals surface area contributed by atoms with Gasteiger partial charge in [-0.3, -0.25) is 0 Å². The van der Waals surface area contributed by atoms with Crippen LogP contribution in [0.3, 0.4) is 0 Å². The van der Waals surface area contributed by atoms with Crippen LogP contribution in [0.15, 0.2) is 18.2 Å². The van der Waals surface area contributed by atoms with Crippen molar-refractivity contribution in [2.75, 3.05) is 23.8 Å². The molecule has 0 radical (unpaired) electrons. The summed E-state index contributed by atoms with van der Waals surface area (Å²) in [5.74, 6) is 3.80. The van der Waals surface area contributed by atoms with Gasteiger partial charge in [0.05, 0.1) is 0 Å². The average molecular weight is 322 g/mol. The van der Waals surface area contributed by atoms with Gasteiger partial charge in [-0.25, -0.2) is 0 Å². The Hall–Kier alpha value is 0.460. The zero-order chi connectivity index (χ0) is 13.0. The molecule has 1 N–H and O–H groups in total. The van der Waals surface area contributed by atoms with E-state index in [4.69, 9.17) is 23.2 Å². The van der Waals surface area contributed by atoms with Crippen LogP contribution in [0.4, 0.5) is 0 Å². The summed E-state index contributed by atoms with van der Waals surface area (Å²) >= 11 is 16.3. The van der Waals surface area contributed by atoms with Crippen LogP contribution in [0.2, 0.25) is 10.0 Å². The minimum absolute atomic E-state index is 0.240. The van der Waals surface area contributed by atoms with Crippen LogP contribution in [-0.2, 0) is 0 Å². The normalized spacial score (nSPS) is 21.8. The maximum atomic E-state index is 6.20. The first-order valence-corrected chi connectivity index (χ1v) is 9.00. The lowest BCUT2D eigenvalue weighted by Crippen LogP contribution is -2.30. The van der Waals surface area contributed by atoms with E-state index < -0.39 is 0 Å². The highest BCUT2D eigenvalue weighted by Gasteiger charge is 2.16. The molecule has 2 unspecified atom stereocenters. The van der Waals surface area contributed by atoms with Crippen molar-refractivity contribution in [1.29, 1.82) is 0 Å². The van der Waals surface area contributed by atoms with Crippen molar-refractivity contribution in [3.8, 4) is 0 Å². The zero-order valence-electron chi connectivity index (χ0n) is 10.3. The largest absolute Gasteiger partial charge is 0.309 e. The molecule has 5 heteroatoms. The molecular weight excluding hydrogens is 305 g/mol. The van der Waals surface area contributed by atoms with Gasteiger partial charge in [0.15, 0.2) is 0 Å². The molecule has 0 amide bonds. The zero-order valence-corrected chi connectivity index (χ0v) is 13.4. The molecule has 2 atom stereocenters. The summed E-state index contributed by atoms with van der Waals surface area (Å²) in [5, 5.41) is 5.80. The number of nitrogens with one attached hydrogen (secondary N) is 1. The van der Waals surface area contributed by atoms with Crippen LogP contribution in [0.1, 0.15) is 18.5 Å². The van der Waals surface area contributed by atoms with Crippen molar-refractivity contribution >= 4 is 46.7 Å². The highest BCUT2D eigenvalue weighted by molar-refractivity contribution is 8.06. The molecule has 0 aromatic heterocycles. The van der Waals surface area contributed by atoms with Crippen LogP contribution in [0, 0.1) is 0 Å². The lowest BCUT2D eigenvalue weighted by Gasteiger charge is -2.24. The van der Waals surface area contributed by atoms with E-state index in [1.165, 1.54) is 17.3 Å². The Bertz CT molecular complexity index is 395. The predicted octanol–water partition coefficient (Wildman–Crippen LogP) is 4.49. The summed E-state index contributed by atoms with van der Waals surface area (Å²) in [5.41, 5.74) is 1.08. The molecule has 1 aromatic carbocycles. The fraction of sp³-hybridized carbons (Fsp3) is 0.538. The van der Waals surface area contributed by atoms with Crippen LogP contribution in [0.5, 0.6) is 0 Å². The Balaban J connectivity index is 1.90. The van der Waals surface area contributed by atoms with E-state index in [1.54, 1.807) is 0 Å². The van der Waals surface area contributed by atoms with E-state index in [-0.39, 0.29) is 6.04 Å². The molecule has 1 aliphatic heterocycles. The Labute approximate surface area is 127 Å². The third kappa shape index (κ3) is 4.24. The highest BCUT2D eigenvalue weighted by Crippen LogP contribution is 2.27. The van der Waals surface area contributed by atoms with Crippen molar-refractivity contribution in [2.45, 2.75) is 18.2 Å². The van der Waals surface area contributed by atoms with Crippen molar-refractivity contribution in [2.24, 2.45) is 0 Å². The molecule has 18 heavy (non-hydrogen) atoms. The fourth-order valence-corrected chi connectivity index (χ4v) is 5.01. The topological polar surface area (TPSA) is 12.0 Å². The van der Waals surface area contributed by atoms with Gasteiger partial charge in [-0.1, -0.05) is 23.2 Å². The molecule has 2 rings (SSSR count). The summed E-state index contributed by atoms with van der Waals surface area (Å²) in [4.78, 5) is 0. The Morgan fingerprint density at radius 1 is 1.39 bits per heavy atom. The molecule has 1 aromatic rings. The first-order valence-electron chi connectivity index (χ1n) is 6.04. The van der Waals surface area contributed by atoms with Gasteiger partial charge in [0.2, 0.25) is 0 Å². The van der Waals surface area contributed by atoms with Gasteiger partial charge in [0.1, 0.15) is 0 Å². The van der Waals surface area contributed by atoms with Crippen molar-refractivity contribution in [3.05, 3.63) is 33.8 Å². The second kappa shape index (κ2) is 7.30. The molecule has 1 heterocycles. The van der Waals surface area contributed by atoms with E-state index in [0.717, 1.165) is 22.2 Å². The summed E-state index contributed by atoms with van der Waals surface area (Å²) in [6, 6.07) is 5.88. The van der Waals surface area contributed by atoms with Gasteiger partial charge in [0.25, 0.3) is 0 Å². The maximum Gasteiger partial charge on any atom is 0.0454 e. The monoisotopic (exact) mass is 321 g/mol. The third-order valence-electron chi connectivity index (χ3n) is 2.96. The molecule has 1 aliphatic rings. The van der Waals surface area contributed by atoms with Gasteiger partial charge in [-0.2, -0.15) is 23.5 Å². The highest BCUT2D eigenvalue weighted by atomic mass is 35.5. The number of benzene rings is 1. The maximum absolute atomic E-state index is 6.20. The van der Waals surface area contributed by atoms with E-state index in [0.29, 0.717) is 5.25 Å². The number of thioether (sulfide) groups is 2. The molecule has 0 aliphatic carbocycles. The van der Waals surface area contributed by atoms with Crippen LogP contribution >= 0.6 is 46.7 Å². The van der Waals surface area contributed by atoms with Gasteiger partial charge in [-0.15, -0.1) is 0 Å². The Kier molecular flexibility index (Phi) is 6.02. The molecule has 0 saturated carbocycles. The summed E-state index contributed by atoms with van der Waals surface area (Å²) in [6.07, 6.45) is 0. The van der Waals surface area contributed by atoms with E-state index in [9.17, 15) is 0 Å². The first kappa shape index (κ1) is 14.9. The lowest BCUT2D eigenvalue weighted by atomic mass is 10.1.